The van der Waals surface area contributed by atoms with Gasteiger partial charge in [0.15, 0.2) is 5.96 Å². The van der Waals surface area contributed by atoms with Crippen molar-refractivity contribution in [1.29, 1.82) is 0 Å². The number of fused-ring (bicyclic) bond motifs is 5. The fourth-order valence-corrected chi connectivity index (χ4v) is 9.67. The Morgan fingerprint density at radius 1 is 1.02 bits per heavy atom. The number of hydrogen-bond donors (Lipinski definition) is 9. The van der Waals surface area contributed by atoms with Gasteiger partial charge in [-0.1, -0.05) is 42.5 Å². The third-order valence-electron chi connectivity index (χ3n) is 12.6. The Bertz CT molecular complexity index is 1950. The summed E-state index contributed by atoms with van der Waals surface area (Å²) in [5.74, 6) is 0.0307. The topological polar surface area (TPSA) is 236 Å². The van der Waals surface area contributed by atoms with E-state index in [9.17, 15) is 34.8 Å². The number of aromatic nitrogens is 1. The molecule has 0 saturated heterocycles. The van der Waals surface area contributed by atoms with Crippen molar-refractivity contribution in [3.05, 3.63) is 89.2 Å². The number of aliphatic carboxylic acids is 1. The molecule has 1 aromatic heterocycles. The highest BCUT2D eigenvalue weighted by atomic mass is 16.4. The summed E-state index contributed by atoms with van der Waals surface area (Å²) in [6.07, 6.45) is 15.1. The number of carboxylic acids is 1. The van der Waals surface area contributed by atoms with Crippen LogP contribution in [0.1, 0.15) is 80.4 Å². The van der Waals surface area contributed by atoms with E-state index in [-0.39, 0.29) is 67.6 Å². The lowest BCUT2D eigenvalue weighted by Crippen LogP contribution is -2.53. The number of carbonyl (C=O) groups excluding carboxylic acids is 2. The molecular formula is C45H60N6O7. The van der Waals surface area contributed by atoms with E-state index in [0.717, 1.165) is 54.0 Å². The molecule has 2 heterocycles. The van der Waals surface area contributed by atoms with Crippen molar-refractivity contribution in [2.24, 2.45) is 40.1 Å². The Balaban J connectivity index is 1.36. The van der Waals surface area contributed by atoms with Crippen molar-refractivity contribution >= 4 is 41.1 Å². The summed E-state index contributed by atoms with van der Waals surface area (Å²) < 4.78 is 0. The second-order valence-electron chi connectivity index (χ2n) is 16.5. The Kier molecular flexibility index (Phi) is 14.9. The molecule has 3 aliphatic rings. The van der Waals surface area contributed by atoms with Gasteiger partial charge in [0.05, 0.1) is 24.2 Å². The third-order valence-corrected chi connectivity index (χ3v) is 12.6. The molecule has 1 aliphatic heterocycles. The number of nitrogens with zero attached hydrogens (tertiary/aromatic N) is 1. The standard InChI is InChI=1S/C45H60N6O7/c46-34(11-6-28(26-55)3-2-16-52)12-10-29-8-9-31-21-33-20-30-7-5-27(13-17-53)19-32(30)22-35(33)44(29)36(31)23-38(49-42-4-1-15-48-42)37(24-43(57)58)39-25-40(41(56)14-18-54)51-45(47)50-39/h1,4-5,7-9,15,17,19-20,22,24,26,28-29,31,34,36,38-41,44,48-49,52,54,56H,2-3,6,10-14,16,18,21,23,25,46H2,(H,57,58)(H3,47,50,51)/b37-24-/t28-,29-,31-,34-,36+,38-,39+,40-,41-,44+/m1/s1. The van der Waals surface area contributed by atoms with E-state index in [1.165, 1.54) is 17.2 Å². The highest BCUT2D eigenvalue weighted by Gasteiger charge is 2.44. The molecule has 0 spiro atoms. The van der Waals surface area contributed by atoms with E-state index in [0.29, 0.717) is 44.1 Å². The average molecular weight is 797 g/mol. The van der Waals surface area contributed by atoms with Crippen molar-refractivity contribution in [2.45, 2.75) is 107 Å². The molecule has 0 saturated carbocycles. The van der Waals surface area contributed by atoms with Gasteiger partial charge in [0.2, 0.25) is 0 Å². The molecule has 11 N–H and O–H groups in total. The highest BCUT2D eigenvalue weighted by Crippen LogP contribution is 2.52. The largest absolute Gasteiger partial charge is 0.478 e. The quantitative estimate of drug-likeness (QED) is 0.0399. The Morgan fingerprint density at radius 2 is 1.86 bits per heavy atom. The molecule has 0 amide bonds. The molecule has 0 unspecified atom stereocenters. The van der Waals surface area contributed by atoms with Crippen LogP contribution in [-0.2, 0) is 27.2 Å². The maximum atomic E-state index is 12.6. The van der Waals surface area contributed by atoms with E-state index >= 15 is 0 Å². The average Bonchev–Trinajstić information content (AvgIpc) is 3.72. The maximum Gasteiger partial charge on any atom is 0.328 e. The number of rotatable bonds is 22. The van der Waals surface area contributed by atoms with Crippen LogP contribution in [0.15, 0.2) is 77.5 Å². The van der Waals surface area contributed by atoms with Gasteiger partial charge in [0, 0.05) is 43.9 Å². The lowest BCUT2D eigenvalue weighted by Gasteiger charge is -2.47. The van der Waals surface area contributed by atoms with Crippen LogP contribution in [0.3, 0.4) is 0 Å². The van der Waals surface area contributed by atoms with E-state index in [1.807, 2.05) is 24.4 Å². The first kappa shape index (κ1) is 42.8. The number of H-pyrrole nitrogens is 1. The van der Waals surface area contributed by atoms with Crippen molar-refractivity contribution in [3.8, 4) is 0 Å². The van der Waals surface area contributed by atoms with Gasteiger partial charge in [-0.25, -0.2) is 9.79 Å². The molecule has 10 atom stereocenters. The van der Waals surface area contributed by atoms with Crippen LogP contribution < -0.4 is 22.1 Å². The van der Waals surface area contributed by atoms with Crippen LogP contribution in [0.5, 0.6) is 0 Å². The van der Waals surface area contributed by atoms with Crippen molar-refractivity contribution in [3.63, 3.8) is 0 Å². The molecule has 2 aromatic carbocycles. The van der Waals surface area contributed by atoms with Gasteiger partial charge in [-0.05, 0) is 133 Å². The number of allylic oxidation sites excluding steroid dienone is 2. The van der Waals surface area contributed by atoms with Gasteiger partial charge < -0.3 is 57.1 Å². The number of nitrogens with two attached hydrogens (primary N) is 2. The molecule has 6 rings (SSSR count). The summed E-state index contributed by atoms with van der Waals surface area (Å²) in [7, 11) is 0. The minimum atomic E-state index is -1.11. The first-order valence-corrected chi connectivity index (χ1v) is 20.8. The number of guanidine groups is 1. The summed E-state index contributed by atoms with van der Waals surface area (Å²) in [5, 5.41) is 48.9. The number of anilines is 1. The zero-order valence-electron chi connectivity index (χ0n) is 33.1. The van der Waals surface area contributed by atoms with Crippen LogP contribution in [0.4, 0.5) is 5.82 Å². The molecule has 312 valence electrons. The highest BCUT2D eigenvalue weighted by molar-refractivity contribution is 5.86. The fraction of sp³-hybridized carbons (Fsp3) is 0.511. The fourth-order valence-electron chi connectivity index (χ4n) is 9.67. The molecular weight excluding hydrogens is 737 g/mol. The number of benzene rings is 2. The lowest BCUT2D eigenvalue weighted by atomic mass is 9.58. The van der Waals surface area contributed by atoms with E-state index in [2.05, 4.69) is 52.0 Å². The predicted molar refractivity (Wildman–Crippen MR) is 225 cm³/mol. The SMILES string of the molecule is NC1=N[C@H](/C(=C\C(=O)O)[C@@H](C[C@@H]2[C@@H]3c4cc5cc(CC=O)ccc5cc4C[C@H]2C=C[C@@H]3CC[C@H](N)CC[C@H](C=O)CCCO)Nc2ccc[nH]2)C[C@H]([C@H](O)CCO)N1. The number of aliphatic hydroxyl groups excluding tert-OH is 3. The summed E-state index contributed by atoms with van der Waals surface area (Å²) >= 11 is 0. The number of aliphatic imine (C=N–C) groups is 1. The number of hydrogen-bond acceptors (Lipinski definition) is 11. The molecule has 13 nitrogen and oxygen atoms in total. The van der Waals surface area contributed by atoms with Gasteiger partial charge in [-0.3, -0.25) is 0 Å². The minimum absolute atomic E-state index is 0.0610. The molecule has 0 fully saturated rings. The first-order valence-electron chi connectivity index (χ1n) is 20.8. The number of aliphatic hydroxyl groups is 3. The Hall–Kier alpha value is -4.82. The second-order valence-corrected chi connectivity index (χ2v) is 16.5. The van der Waals surface area contributed by atoms with Crippen LogP contribution in [0, 0.1) is 23.7 Å². The monoisotopic (exact) mass is 796 g/mol. The molecule has 13 heteroatoms. The van der Waals surface area contributed by atoms with Gasteiger partial charge >= 0.3 is 5.97 Å². The minimum Gasteiger partial charge on any atom is -0.478 e. The number of aldehydes is 2. The first-order chi connectivity index (χ1) is 28.1. The van der Waals surface area contributed by atoms with E-state index < -0.39 is 30.2 Å². The summed E-state index contributed by atoms with van der Waals surface area (Å²) in [6, 6.07) is 12.8. The summed E-state index contributed by atoms with van der Waals surface area (Å²) in [6.45, 7) is -0.148. The maximum absolute atomic E-state index is 12.6. The number of aromatic amines is 1. The molecule has 0 radical (unpaired) electrons. The van der Waals surface area contributed by atoms with Gasteiger partial charge in [-0.2, -0.15) is 0 Å². The number of carbonyl (C=O) groups is 3. The zero-order chi connectivity index (χ0) is 41.2. The zero-order valence-corrected chi connectivity index (χ0v) is 33.1. The summed E-state index contributed by atoms with van der Waals surface area (Å²) in [4.78, 5) is 43.7. The van der Waals surface area contributed by atoms with Crippen molar-refractivity contribution in [1.82, 2.24) is 10.3 Å². The second kappa shape index (κ2) is 20.2. The van der Waals surface area contributed by atoms with Crippen LogP contribution in [-0.4, -0.2) is 93.4 Å². The molecule has 2 aliphatic carbocycles. The van der Waals surface area contributed by atoms with Crippen LogP contribution in [0.25, 0.3) is 10.8 Å². The number of carboxylic acid groups (broad SMARTS) is 1. The Morgan fingerprint density at radius 3 is 2.59 bits per heavy atom. The van der Waals surface area contributed by atoms with Gasteiger partial charge in [-0.15, -0.1) is 0 Å². The molecule has 2 bridgehead atoms. The van der Waals surface area contributed by atoms with E-state index in [1.54, 1.807) is 0 Å². The number of nitrogens with one attached hydrogen (secondary N) is 3. The van der Waals surface area contributed by atoms with Gasteiger partial charge in [0.25, 0.3) is 0 Å². The van der Waals surface area contributed by atoms with Crippen molar-refractivity contribution < 1.29 is 34.8 Å². The summed E-state index contributed by atoms with van der Waals surface area (Å²) in [5.41, 5.74) is 17.0. The smallest absolute Gasteiger partial charge is 0.328 e. The Labute approximate surface area is 340 Å². The van der Waals surface area contributed by atoms with Crippen LogP contribution >= 0.6 is 0 Å². The molecule has 58 heavy (non-hydrogen) atoms. The van der Waals surface area contributed by atoms with Crippen molar-refractivity contribution in [2.75, 3.05) is 18.5 Å². The molecule has 3 aromatic rings. The third kappa shape index (κ3) is 10.6. The van der Waals surface area contributed by atoms with Gasteiger partial charge in [0.1, 0.15) is 18.4 Å². The lowest BCUT2D eigenvalue weighted by molar-refractivity contribution is -0.131. The van der Waals surface area contributed by atoms with Crippen LogP contribution in [0.2, 0.25) is 0 Å². The predicted octanol–water partition coefficient (Wildman–Crippen LogP) is 4.11. The normalized spacial score (nSPS) is 24.8. The van der Waals surface area contributed by atoms with E-state index in [4.69, 9.17) is 16.5 Å².